The van der Waals surface area contributed by atoms with Crippen molar-refractivity contribution < 1.29 is 4.57 Å². The van der Waals surface area contributed by atoms with E-state index in [0.29, 0.717) is 0 Å². The van der Waals surface area contributed by atoms with Gasteiger partial charge in [0.2, 0.25) is 0 Å². The predicted molar refractivity (Wildman–Crippen MR) is 108 cm³/mol. The fourth-order valence-electron chi connectivity index (χ4n) is 2.79. The van der Waals surface area contributed by atoms with Gasteiger partial charge in [-0.2, -0.15) is 4.57 Å². The molecule has 2 aromatic rings. The Morgan fingerprint density at radius 2 is 1.71 bits per heavy atom. The second-order valence-electron chi connectivity index (χ2n) is 6.60. The first-order valence-electron chi connectivity index (χ1n) is 9.05. The summed E-state index contributed by atoms with van der Waals surface area (Å²) in [6.07, 6.45) is 11.1. The maximum absolute atomic E-state index is 2.46. The van der Waals surface area contributed by atoms with Gasteiger partial charge in [-0.15, -0.1) is 0 Å². The maximum atomic E-state index is 2.46. The van der Waals surface area contributed by atoms with E-state index in [1.54, 1.807) is 0 Å². The van der Waals surface area contributed by atoms with Crippen molar-refractivity contribution in [2.24, 2.45) is 0 Å². The molecule has 0 saturated heterocycles. The van der Waals surface area contributed by atoms with Gasteiger partial charge < -0.3 is 4.90 Å². The standard InChI is InChI=1S/C21H31N2S/c1-5-6-7-8-9-16-23-18(2)17-24-21(23)15-12-19-10-13-20(14-11-19)22(3)4/h10-15,17H,5-9,16H2,1-4H3/q+1. The molecule has 0 atom stereocenters. The first kappa shape index (κ1) is 18.7. The van der Waals surface area contributed by atoms with Crippen LogP contribution in [0.25, 0.3) is 12.2 Å². The van der Waals surface area contributed by atoms with Crippen LogP contribution in [0.5, 0.6) is 0 Å². The maximum Gasteiger partial charge on any atom is 0.261 e. The number of hydrogen-bond donors (Lipinski definition) is 0. The Hall–Kier alpha value is -1.61. The Balaban J connectivity index is 1.98. The van der Waals surface area contributed by atoms with Crippen molar-refractivity contribution >= 4 is 29.2 Å². The Bertz CT molecular complexity index is 638. The summed E-state index contributed by atoms with van der Waals surface area (Å²) >= 11 is 1.84. The van der Waals surface area contributed by atoms with E-state index >= 15 is 0 Å². The van der Waals surface area contributed by atoms with Gasteiger partial charge in [-0.05, 0) is 30.2 Å². The van der Waals surface area contributed by atoms with Crippen LogP contribution < -0.4 is 9.47 Å². The van der Waals surface area contributed by atoms with E-state index in [-0.39, 0.29) is 0 Å². The Morgan fingerprint density at radius 1 is 1.00 bits per heavy atom. The molecule has 1 aromatic carbocycles. The molecule has 130 valence electrons. The highest BCUT2D eigenvalue weighted by molar-refractivity contribution is 7.10. The Labute approximate surface area is 151 Å². The van der Waals surface area contributed by atoms with Crippen molar-refractivity contribution in [3.8, 4) is 0 Å². The minimum absolute atomic E-state index is 1.14. The van der Waals surface area contributed by atoms with E-state index in [0.717, 1.165) is 6.54 Å². The third kappa shape index (κ3) is 5.48. The van der Waals surface area contributed by atoms with Crippen LogP contribution in [0, 0.1) is 6.92 Å². The molecule has 0 N–H and O–H groups in total. The molecule has 1 aromatic heterocycles. The molecule has 0 aliphatic carbocycles. The van der Waals surface area contributed by atoms with Crippen molar-refractivity contribution in [2.75, 3.05) is 19.0 Å². The van der Waals surface area contributed by atoms with Crippen molar-refractivity contribution in [1.82, 2.24) is 0 Å². The van der Waals surface area contributed by atoms with Gasteiger partial charge in [0, 0.05) is 39.2 Å². The third-order valence-corrected chi connectivity index (χ3v) is 5.41. The highest BCUT2D eigenvalue weighted by atomic mass is 32.1. The third-order valence-electron chi connectivity index (χ3n) is 4.36. The fourth-order valence-corrected chi connectivity index (χ4v) is 3.71. The smallest absolute Gasteiger partial charge is 0.261 e. The van der Waals surface area contributed by atoms with Gasteiger partial charge in [-0.1, -0.05) is 49.7 Å². The fraction of sp³-hybridized carbons (Fsp3) is 0.476. The Kier molecular flexibility index (Phi) is 7.51. The molecule has 2 rings (SSSR count). The summed E-state index contributed by atoms with van der Waals surface area (Å²) in [5, 5.41) is 3.61. The molecule has 0 saturated carbocycles. The summed E-state index contributed by atoms with van der Waals surface area (Å²) in [6, 6.07) is 8.70. The summed E-state index contributed by atoms with van der Waals surface area (Å²) in [6.45, 7) is 5.62. The number of nitrogens with zero attached hydrogens (tertiary/aromatic N) is 2. The molecule has 0 unspecified atom stereocenters. The highest BCUT2D eigenvalue weighted by Gasteiger charge is 2.14. The number of benzene rings is 1. The van der Waals surface area contributed by atoms with Gasteiger partial charge in [-0.25, -0.2) is 0 Å². The van der Waals surface area contributed by atoms with Crippen LogP contribution in [0.1, 0.15) is 55.3 Å². The van der Waals surface area contributed by atoms with E-state index in [4.69, 9.17) is 0 Å². The first-order chi connectivity index (χ1) is 11.6. The normalized spacial score (nSPS) is 11.3. The topological polar surface area (TPSA) is 7.12 Å². The molecular weight excluding hydrogens is 312 g/mol. The van der Waals surface area contributed by atoms with Crippen LogP contribution in [0.3, 0.4) is 0 Å². The molecule has 0 aliphatic heterocycles. The lowest BCUT2D eigenvalue weighted by Crippen LogP contribution is -2.37. The zero-order valence-corrected chi connectivity index (χ0v) is 16.4. The van der Waals surface area contributed by atoms with E-state index in [2.05, 4.69) is 79.2 Å². The van der Waals surface area contributed by atoms with Crippen LogP contribution in [-0.4, -0.2) is 14.1 Å². The molecule has 0 aliphatic rings. The number of aromatic nitrogens is 1. The number of anilines is 1. The summed E-state index contributed by atoms with van der Waals surface area (Å²) in [4.78, 5) is 2.13. The van der Waals surface area contributed by atoms with Gasteiger partial charge >= 0.3 is 0 Å². The lowest BCUT2D eigenvalue weighted by atomic mass is 10.1. The van der Waals surface area contributed by atoms with Gasteiger partial charge in [0.05, 0.1) is 5.38 Å². The number of unbranched alkanes of at least 4 members (excludes halogenated alkanes) is 4. The quantitative estimate of drug-likeness (QED) is 0.427. The van der Waals surface area contributed by atoms with Gasteiger partial charge in [0.1, 0.15) is 6.54 Å². The van der Waals surface area contributed by atoms with Crippen LogP contribution in [-0.2, 0) is 6.54 Å². The van der Waals surface area contributed by atoms with Crippen molar-refractivity contribution in [3.05, 3.63) is 45.9 Å². The molecular formula is C21H31N2S+. The number of hydrogen-bond acceptors (Lipinski definition) is 2. The molecule has 0 amide bonds. The van der Waals surface area contributed by atoms with Gasteiger partial charge in [0.25, 0.3) is 5.01 Å². The average Bonchev–Trinajstić information content (AvgIpc) is 2.93. The van der Waals surface area contributed by atoms with Crippen LogP contribution >= 0.6 is 11.3 Å². The minimum Gasteiger partial charge on any atom is -0.378 e. The van der Waals surface area contributed by atoms with Crippen LogP contribution in [0.2, 0.25) is 0 Å². The number of rotatable bonds is 9. The SMILES string of the molecule is CCCCCCC[n+]1c(C)csc1/C=C/c1ccc(N(C)C)cc1. The largest absolute Gasteiger partial charge is 0.378 e. The van der Waals surface area contributed by atoms with E-state index in [1.807, 2.05) is 11.3 Å². The lowest BCUT2D eigenvalue weighted by Gasteiger charge is -2.11. The second-order valence-corrected chi connectivity index (χ2v) is 7.49. The molecule has 0 spiro atoms. The summed E-state index contributed by atoms with van der Waals surface area (Å²) in [5.41, 5.74) is 3.86. The molecule has 24 heavy (non-hydrogen) atoms. The van der Waals surface area contributed by atoms with Crippen LogP contribution in [0.15, 0.2) is 29.6 Å². The van der Waals surface area contributed by atoms with Crippen LogP contribution in [0.4, 0.5) is 5.69 Å². The number of thiazole rings is 1. The molecule has 0 bridgehead atoms. The Morgan fingerprint density at radius 3 is 2.38 bits per heavy atom. The van der Waals surface area contributed by atoms with Gasteiger partial charge in [0.15, 0.2) is 5.69 Å². The zero-order chi connectivity index (χ0) is 17.4. The summed E-state index contributed by atoms with van der Waals surface area (Å²) < 4.78 is 2.46. The summed E-state index contributed by atoms with van der Waals surface area (Å²) in [7, 11) is 4.14. The van der Waals surface area contributed by atoms with E-state index < -0.39 is 0 Å². The average molecular weight is 344 g/mol. The first-order valence-corrected chi connectivity index (χ1v) is 9.93. The molecule has 0 fully saturated rings. The zero-order valence-electron chi connectivity index (χ0n) is 15.6. The second kappa shape index (κ2) is 9.63. The van der Waals surface area contributed by atoms with E-state index in [9.17, 15) is 0 Å². The molecule has 3 heteroatoms. The molecule has 0 radical (unpaired) electrons. The molecule has 2 nitrogen and oxygen atoms in total. The number of aryl methyl sites for hydroxylation is 1. The van der Waals surface area contributed by atoms with E-state index in [1.165, 1.54) is 54.1 Å². The predicted octanol–water partition coefficient (Wildman–Crippen LogP) is 5.55. The van der Waals surface area contributed by atoms with Crippen molar-refractivity contribution in [1.29, 1.82) is 0 Å². The summed E-state index contributed by atoms with van der Waals surface area (Å²) in [5.74, 6) is 0. The van der Waals surface area contributed by atoms with Crippen molar-refractivity contribution in [3.63, 3.8) is 0 Å². The highest BCUT2D eigenvalue weighted by Crippen LogP contribution is 2.16. The minimum atomic E-state index is 1.14. The van der Waals surface area contributed by atoms with Gasteiger partial charge in [-0.3, -0.25) is 0 Å². The van der Waals surface area contributed by atoms with Crippen molar-refractivity contribution in [2.45, 2.75) is 52.5 Å². The molecule has 1 heterocycles. The lowest BCUT2D eigenvalue weighted by molar-refractivity contribution is -0.700. The monoisotopic (exact) mass is 343 g/mol.